The van der Waals surface area contributed by atoms with Crippen molar-refractivity contribution < 1.29 is 23.0 Å². The molecule has 1 aliphatic rings. The zero-order valence-corrected chi connectivity index (χ0v) is 9.34. The van der Waals surface area contributed by atoms with Crippen LogP contribution in [-0.2, 0) is 4.74 Å². The second kappa shape index (κ2) is 4.31. The summed E-state index contributed by atoms with van der Waals surface area (Å²) >= 11 is 0. The van der Waals surface area contributed by atoms with Gasteiger partial charge in [0.25, 0.3) is 0 Å². The summed E-state index contributed by atoms with van der Waals surface area (Å²) in [6.45, 7) is 2.10. The van der Waals surface area contributed by atoms with Gasteiger partial charge in [0.05, 0.1) is 5.60 Å². The van der Waals surface area contributed by atoms with E-state index in [4.69, 9.17) is 4.74 Å². The first kappa shape index (κ1) is 12.4. The average molecular weight is 246 g/mol. The van der Waals surface area contributed by atoms with Gasteiger partial charge in [0.2, 0.25) is 0 Å². The number of hydrogen-bond acceptors (Lipinski definition) is 2. The van der Waals surface area contributed by atoms with Gasteiger partial charge in [-0.2, -0.15) is 0 Å². The molecule has 0 bridgehead atoms. The monoisotopic (exact) mass is 246 g/mol. The highest BCUT2D eigenvalue weighted by molar-refractivity contribution is 5.24. The zero-order valence-electron chi connectivity index (χ0n) is 9.34. The van der Waals surface area contributed by atoms with Crippen molar-refractivity contribution in [3.05, 3.63) is 35.1 Å². The minimum absolute atomic E-state index is 0.270. The minimum atomic E-state index is -1.57. The van der Waals surface area contributed by atoms with Crippen LogP contribution in [0.15, 0.2) is 12.1 Å². The third-order valence-corrected chi connectivity index (χ3v) is 3.19. The Morgan fingerprint density at radius 2 is 2.00 bits per heavy atom. The van der Waals surface area contributed by atoms with Gasteiger partial charge in [0.1, 0.15) is 6.10 Å². The summed E-state index contributed by atoms with van der Waals surface area (Å²) < 4.78 is 44.7. The molecule has 1 aliphatic heterocycles. The first-order valence-corrected chi connectivity index (χ1v) is 5.41. The topological polar surface area (TPSA) is 29.5 Å². The van der Waals surface area contributed by atoms with E-state index in [2.05, 4.69) is 0 Å². The molecule has 17 heavy (non-hydrogen) atoms. The highest BCUT2D eigenvalue weighted by Crippen LogP contribution is 2.38. The van der Waals surface area contributed by atoms with E-state index in [1.54, 1.807) is 6.92 Å². The highest BCUT2D eigenvalue weighted by atomic mass is 19.2. The van der Waals surface area contributed by atoms with E-state index in [0.717, 1.165) is 18.6 Å². The van der Waals surface area contributed by atoms with Gasteiger partial charge in [0, 0.05) is 12.2 Å². The van der Waals surface area contributed by atoms with Gasteiger partial charge in [0.15, 0.2) is 17.5 Å². The van der Waals surface area contributed by atoms with E-state index < -0.39 is 29.2 Å². The standard InChI is InChI=1S/C12H13F3O2/c1-12(5-2-6-17-12)11(16)7-3-4-8(13)10(15)9(7)14/h3-4,11,16H,2,5-6H2,1H3. The number of hydrogen-bond donors (Lipinski definition) is 1. The zero-order chi connectivity index (χ0) is 12.6. The number of halogens is 3. The van der Waals surface area contributed by atoms with Crippen molar-refractivity contribution in [2.24, 2.45) is 0 Å². The fourth-order valence-electron chi connectivity index (χ4n) is 2.10. The fraction of sp³-hybridized carbons (Fsp3) is 0.500. The van der Waals surface area contributed by atoms with Crippen LogP contribution < -0.4 is 0 Å². The molecule has 2 unspecified atom stereocenters. The summed E-state index contributed by atoms with van der Waals surface area (Å²) in [6, 6.07) is 1.85. The molecule has 0 saturated carbocycles. The van der Waals surface area contributed by atoms with Gasteiger partial charge >= 0.3 is 0 Å². The van der Waals surface area contributed by atoms with Gasteiger partial charge in [-0.25, -0.2) is 13.2 Å². The van der Waals surface area contributed by atoms with Crippen LogP contribution in [0, 0.1) is 17.5 Å². The lowest BCUT2D eigenvalue weighted by Gasteiger charge is -2.29. The number of aliphatic hydroxyl groups excluding tert-OH is 1. The van der Waals surface area contributed by atoms with Crippen molar-refractivity contribution in [1.29, 1.82) is 0 Å². The summed E-state index contributed by atoms with van der Waals surface area (Å²) in [5, 5.41) is 10.0. The van der Waals surface area contributed by atoms with Gasteiger partial charge in [-0.3, -0.25) is 0 Å². The van der Waals surface area contributed by atoms with Crippen LogP contribution in [0.1, 0.15) is 31.4 Å². The molecule has 2 nitrogen and oxygen atoms in total. The van der Waals surface area contributed by atoms with Crippen molar-refractivity contribution in [2.75, 3.05) is 6.61 Å². The molecule has 1 aromatic rings. The number of ether oxygens (including phenoxy) is 1. The van der Waals surface area contributed by atoms with Crippen molar-refractivity contribution in [3.63, 3.8) is 0 Å². The molecule has 0 radical (unpaired) electrons. The first-order chi connectivity index (χ1) is 7.96. The van der Waals surface area contributed by atoms with E-state index in [1.165, 1.54) is 0 Å². The number of benzene rings is 1. The molecule has 0 aliphatic carbocycles. The summed E-state index contributed by atoms with van der Waals surface area (Å²) in [7, 11) is 0. The van der Waals surface area contributed by atoms with Crippen LogP contribution >= 0.6 is 0 Å². The van der Waals surface area contributed by atoms with E-state index >= 15 is 0 Å². The first-order valence-electron chi connectivity index (χ1n) is 5.41. The predicted molar refractivity (Wildman–Crippen MR) is 54.9 cm³/mol. The Morgan fingerprint density at radius 1 is 1.29 bits per heavy atom. The molecule has 2 atom stereocenters. The van der Waals surface area contributed by atoms with E-state index in [1.807, 2.05) is 0 Å². The molecule has 0 aromatic heterocycles. The molecule has 5 heteroatoms. The van der Waals surface area contributed by atoms with Crippen molar-refractivity contribution >= 4 is 0 Å². The van der Waals surface area contributed by atoms with Crippen LogP contribution in [0.4, 0.5) is 13.2 Å². The average Bonchev–Trinajstić information content (AvgIpc) is 2.74. The maximum Gasteiger partial charge on any atom is 0.194 e. The molecular weight excluding hydrogens is 233 g/mol. The lowest BCUT2D eigenvalue weighted by atomic mass is 9.90. The number of aliphatic hydroxyl groups is 1. The van der Waals surface area contributed by atoms with Crippen LogP contribution in [0.25, 0.3) is 0 Å². The molecule has 1 fully saturated rings. The maximum atomic E-state index is 13.5. The lowest BCUT2D eigenvalue weighted by Crippen LogP contribution is -2.32. The van der Waals surface area contributed by atoms with Crippen molar-refractivity contribution in [1.82, 2.24) is 0 Å². The van der Waals surface area contributed by atoms with E-state index in [-0.39, 0.29) is 5.56 Å². The minimum Gasteiger partial charge on any atom is -0.385 e. The Balaban J connectivity index is 2.37. The quantitative estimate of drug-likeness (QED) is 0.813. The Bertz CT molecular complexity index is 428. The molecule has 2 rings (SSSR count). The Hall–Kier alpha value is -1.07. The van der Waals surface area contributed by atoms with Crippen LogP contribution in [0.2, 0.25) is 0 Å². The maximum absolute atomic E-state index is 13.5. The van der Waals surface area contributed by atoms with Crippen LogP contribution in [-0.4, -0.2) is 17.3 Å². The highest BCUT2D eigenvalue weighted by Gasteiger charge is 2.40. The second-order valence-electron chi connectivity index (χ2n) is 4.43. The Morgan fingerprint density at radius 3 is 2.59 bits per heavy atom. The lowest BCUT2D eigenvalue weighted by molar-refractivity contribution is -0.0810. The Labute approximate surface area is 97.0 Å². The fourth-order valence-corrected chi connectivity index (χ4v) is 2.10. The molecule has 0 amide bonds. The third-order valence-electron chi connectivity index (χ3n) is 3.19. The van der Waals surface area contributed by atoms with Gasteiger partial charge in [-0.1, -0.05) is 6.07 Å². The number of rotatable bonds is 2. The van der Waals surface area contributed by atoms with Crippen LogP contribution in [0.3, 0.4) is 0 Å². The van der Waals surface area contributed by atoms with Gasteiger partial charge in [-0.15, -0.1) is 0 Å². The SMILES string of the molecule is CC1(C(O)c2ccc(F)c(F)c2F)CCCO1. The van der Waals surface area contributed by atoms with Gasteiger partial charge < -0.3 is 9.84 Å². The second-order valence-corrected chi connectivity index (χ2v) is 4.43. The summed E-state index contributed by atoms with van der Waals surface area (Å²) in [4.78, 5) is 0. The van der Waals surface area contributed by atoms with E-state index in [0.29, 0.717) is 13.0 Å². The molecule has 1 N–H and O–H groups in total. The normalized spacial score (nSPS) is 26.2. The third kappa shape index (κ3) is 2.05. The molecule has 0 spiro atoms. The summed E-state index contributed by atoms with van der Waals surface area (Å²) in [5.41, 5.74) is -1.21. The largest absolute Gasteiger partial charge is 0.385 e. The van der Waals surface area contributed by atoms with Crippen LogP contribution in [0.5, 0.6) is 0 Å². The molecule has 1 heterocycles. The van der Waals surface area contributed by atoms with Gasteiger partial charge in [-0.05, 0) is 25.8 Å². The van der Waals surface area contributed by atoms with Crippen molar-refractivity contribution in [3.8, 4) is 0 Å². The molecule has 94 valence electrons. The Kier molecular flexibility index (Phi) is 3.14. The molecule has 1 aromatic carbocycles. The summed E-state index contributed by atoms with van der Waals surface area (Å²) in [5.74, 6) is -4.19. The smallest absolute Gasteiger partial charge is 0.194 e. The predicted octanol–water partition coefficient (Wildman–Crippen LogP) is 2.71. The van der Waals surface area contributed by atoms with Crippen molar-refractivity contribution in [2.45, 2.75) is 31.5 Å². The summed E-state index contributed by atoms with van der Waals surface area (Å²) in [6.07, 6.45) is -0.00838. The molecule has 1 saturated heterocycles. The molecular formula is C12H13F3O2. The van der Waals surface area contributed by atoms with E-state index in [9.17, 15) is 18.3 Å².